The second-order valence-corrected chi connectivity index (χ2v) is 1.76. The SMILES string of the molecule is CCC[n+]1ccoc1. The fourth-order valence-corrected chi connectivity index (χ4v) is 0.647. The third-order valence-electron chi connectivity index (χ3n) is 1.01. The largest absolute Gasteiger partial charge is 0.412 e. The smallest absolute Gasteiger partial charge is 0.334 e. The Morgan fingerprint density at radius 3 is 3.00 bits per heavy atom. The van der Waals surface area contributed by atoms with Gasteiger partial charge in [-0.25, -0.2) is 0 Å². The average molecular weight is 112 g/mol. The zero-order chi connectivity index (χ0) is 5.82. The van der Waals surface area contributed by atoms with Crippen LogP contribution in [0.25, 0.3) is 0 Å². The molecule has 0 fully saturated rings. The lowest BCUT2D eigenvalue weighted by Gasteiger charge is -1.80. The highest BCUT2D eigenvalue weighted by Crippen LogP contribution is 1.78. The summed E-state index contributed by atoms with van der Waals surface area (Å²) >= 11 is 0. The Morgan fingerprint density at radius 2 is 2.50 bits per heavy atom. The van der Waals surface area contributed by atoms with E-state index >= 15 is 0 Å². The first-order valence-electron chi connectivity index (χ1n) is 2.84. The molecule has 0 aliphatic rings. The van der Waals surface area contributed by atoms with Crippen LogP contribution >= 0.6 is 0 Å². The standard InChI is InChI=1S/C6H10NO/c1-2-3-7-4-5-8-6-7/h4-6H,2-3H2,1H3/q+1. The van der Waals surface area contributed by atoms with Crippen LogP contribution in [0.4, 0.5) is 0 Å². The quantitative estimate of drug-likeness (QED) is 0.521. The maximum atomic E-state index is 4.83. The molecule has 1 rings (SSSR count). The van der Waals surface area contributed by atoms with Crippen molar-refractivity contribution in [3.63, 3.8) is 0 Å². The van der Waals surface area contributed by atoms with Gasteiger partial charge < -0.3 is 4.42 Å². The molecule has 2 nitrogen and oxygen atoms in total. The van der Waals surface area contributed by atoms with Gasteiger partial charge in [0.15, 0.2) is 12.8 Å². The van der Waals surface area contributed by atoms with E-state index in [9.17, 15) is 0 Å². The molecule has 0 bridgehead atoms. The normalized spacial score (nSPS) is 9.62. The van der Waals surface area contributed by atoms with Crippen LogP contribution in [-0.2, 0) is 6.54 Å². The summed E-state index contributed by atoms with van der Waals surface area (Å²) < 4.78 is 6.84. The average Bonchev–Trinajstić information content (AvgIpc) is 2.19. The van der Waals surface area contributed by atoms with E-state index in [1.165, 1.54) is 0 Å². The van der Waals surface area contributed by atoms with Gasteiger partial charge in [-0.05, 0) is 0 Å². The number of rotatable bonds is 2. The fourth-order valence-electron chi connectivity index (χ4n) is 0.647. The van der Waals surface area contributed by atoms with Crippen LogP contribution in [0.3, 0.4) is 0 Å². The summed E-state index contributed by atoms with van der Waals surface area (Å²) in [5, 5.41) is 0. The lowest BCUT2D eigenvalue weighted by atomic mass is 10.5. The van der Waals surface area contributed by atoms with E-state index < -0.39 is 0 Å². The molecule has 0 atom stereocenters. The maximum absolute atomic E-state index is 4.83. The van der Waals surface area contributed by atoms with Crippen LogP contribution < -0.4 is 4.57 Å². The van der Waals surface area contributed by atoms with Crippen LogP contribution in [0, 0.1) is 0 Å². The van der Waals surface area contributed by atoms with Gasteiger partial charge in [-0.1, -0.05) is 6.92 Å². The Hall–Kier alpha value is -0.790. The van der Waals surface area contributed by atoms with Crippen molar-refractivity contribution in [3.8, 4) is 0 Å². The third kappa shape index (κ3) is 1.09. The van der Waals surface area contributed by atoms with Crippen molar-refractivity contribution in [3.05, 3.63) is 18.9 Å². The summed E-state index contributed by atoms with van der Waals surface area (Å²) in [7, 11) is 0. The number of hydrogen-bond donors (Lipinski definition) is 0. The van der Waals surface area contributed by atoms with E-state index in [2.05, 4.69) is 6.92 Å². The first kappa shape index (κ1) is 5.35. The van der Waals surface area contributed by atoms with E-state index in [1.54, 1.807) is 12.7 Å². The zero-order valence-electron chi connectivity index (χ0n) is 5.00. The lowest BCUT2D eigenvalue weighted by Crippen LogP contribution is -2.29. The van der Waals surface area contributed by atoms with Gasteiger partial charge in [-0.2, -0.15) is 4.57 Å². The molecule has 0 aliphatic heterocycles. The van der Waals surface area contributed by atoms with E-state index in [0.717, 1.165) is 13.0 Å². The highest BCUT2D eigenvalue weighted by molar-refractivity contribution is 4.46. The van der Waals surface area contributed by atoms with Crippen molar-refractivity contribution in [1.29, 1.82) is 0 Å². The van der Waals surface area contributed by atoms with Crippen molar-refractivity contribution >= 4 is 0 Å². The molecule has 0 amide bonds. The first-order valence-corrected chi connectivity index (χ1v) is 2.84. The van der Waals surface area contributed by atoms with Gasteiger partial charge in [0, 0.05) is 6.42 Å². The number of aromatic nitrogens is 1. The summed E-state index contributed by atoms with van der Waals surface area (Å²) in [6.45, 7) is 3.19. The maximum Gasteiger partial charge on any atom is 0.334 e. The van der Waals surface area contributed by atoms with Gasteiger partial charge in [0.2, 0.25) is 6.20 Å². The molecule has 1 heterocycles. The molecular weight excluding hydrogens is 102 g/mol. The van der Waals surface area contributed by atoms with Crippen LogP contribution in [0.2, 0.25) is 0 Å². The molecule has 0 N–H and O–H groups in total. The summed E-state index contributed by atoms with van der Waals surface area (Å²) in [6.07, 6.45) is 6.47. The van der Waals surface area contributed by atoms with Gasteiger partial charge in [0.25, 0.3) is 0 Å². The minimum Gasteiger partial charge on any atom is -0.412 e. The minimum absolute atomic E-state index is 1.05. The second-order valence-electron chi connectivity index (χ2n) is 1.76. The fraction of sp³-hybridized carbons (Fsp3) is 0.500. The molecule has 44 valence electrons. The summed E-state index contributed by atoms with van der Waals surface area (Å²) in [5.74, 6) is 0. The van der Waals surface area contributed by atoms with Crippen LogP contribution in [0.1, 0.15) is 13.3 Å². The highest BCUT2D eigenvalue weighted by Gasteiger charge is 1.94. The molecule has 2 heteroatoms. The first-order chi connectivity index (χ1) is 3.93. The molecular formula is C6H10NO+. The molecule has 8 heavy (non-hydrogen) atoms. The molecule has 0 aromatic carbocycles. The Bertz CT molecular complexity index is 134. The van der Waals surface area contributed by atoms with Crippen LogP contribution in [0.5, 0.6) is 0 Å². The predicted molar refractivity (Wildman–Crippen MR) is 29.2 cm³/mol. The van der Waals surface area contributed by atoms with Gasteiger partial charge in [-0.15, -0.1) is 0 Å². The summed E-state index contributed by atoms with van der Waals surface area (Å²) in [6, 6.07) is 0. The number of aryl methyl sites for hydroxylation is 1. The Kier molecular flexibility index (Phi) is 1.67. The van der Waals surface area contributed by atoms with Gasteiger partial charge in [0.1, 0.15) is 0 Å². The molecule has 0 spiro atoms. The molecule has 0 saturated heterocycles. The van der Waals surface area contributed by atoms with E-state index in [0.29, 0.717) is 0 Å². The predicted octanol–water partition coefficient (Wildman–Crippen LogP) is 0.977. The van der Waals surface area contributed by atoms with Gasteiger partial charge in [0.05, 0.1) is 0 Å². The van der Waals surface area contributed by atoms with Crippen molar-refractivity contribution < 1.29 is 8.98 Å². The number of nitrogens with zero attached hydrogens (tertiary/aromatic N) is 1. The topological polar surface area (TPSA) is 17.0 Å². The Labute approximate surface area is 48.8 Å². The Morgan fingerprint density at radius 1 is 1.62 bits per heavy atom. The molecule has 1 aromatic heterocycles. The van der Waals surface area contributed by atoms with Crippen molar-refractivity contribution in [2.75, 3.05) is 0 Å². The van der Waals surface area contributed by atoms with E-state index in [-0.39, 0.29) is 0 Å². The summed E-state index contributed by atoms with van der Waals surface area (Å²) in [4.78, 5) is 0. The second kappa shape index (κ2) is 2.50. The lowest BCUT2D eigenvalue weighted by molar-refractivity contribution is -0.699. The van der Waals surface area contributed by atoms with Crippen molar-refractivity contribution in [1.82, 2.24) is 0 Å². The van der Waals surface area contributed by atoms with Crippen LogP contribution in [0.15, 0.2) is 23.3 Å². The van der Waals surface area contributed by atoms with Gasteiger partial charge >= 0.3 is 6.39 Å². The van der Waals surface area contributed by atoms with Crippen LogP contribution in [-0.4, -0.2) is 0 Å². The number of oxazole rings is 1. The third-order valence-corrected chi connectivity index (χ3v) is 1.01. The number of hydrogen-bond acceptors (Lipinski definition) is 1. The summed E-state index contributed by atoms with van der Waals surface area (Å²) in [5.41, 5.74) is 0. The van der Waals surface area contributed by atoms with E-state index in [4.69, 9.17) is 4.42 Å². The minimum atomic E-state index is 1.05. The van der Waals surface area contributed by atoms with Gasteiger partial charge in [-0.3, -0.25) is 0 Å². The zero-order valence-corrected chi connectivity index (χ0v) is 5.00. The van der Waals surface area contributed by atoms with Crippen molar-refractivity contribution in [2.24, 2.45) is 0 Å². The molecule has 0 radical (unpaired) electrons. The molecule has 1 aromatic rings. The molecule has 0 unspecified atom stereocenters. The molecule has 0 aliphatic carbocycles. The molecule has 0 saturated carbocycles. The van der Waals surface area contributed by atoms with Crippen molar-refractivity contribution in [2.45, 2.75) is 19.9 Å². The highest BCUT2D eigenvalue weighted by atomic mass is 16.3. The Balaban J connectivity index is 2.50. The van der Waals surface area contributed by atoms with E-state index in [1.807, 2.05) is 10.8 Å². The monoisotopic (exact) mass is 112 g/mol.